The monoisotopic (exact) mass is 327 g/mol. The van der Waals surface area contributed by atoms with E-state index in [0.717, 1.165) is 22.5 Å². The first-order valence-electron chi connectivity index (χ1n) is 8.20. The summed E-state index contributed by atoms with van der Waals surface area (Å²) >= 11 is 1.70. The summed E-state index contributed by atoms with van der Waals surface area (Å²) in [6.07, 6.45) is 4.59. The number of benzene rings is 1. The van der Waals surface area contributed by atoms with Crippen molar-refractivity contribution < 1.29 is 0 Å². The fourth-order valence-electron chi connectivity index (χ4n) is 2.44. The number of fused-ring (bicyclic) bond motifs is 1. The summed E-state index contributed by atoms with van der Waals surface area (Å²) in [5.74, 6) is 0.583. The molecule has 1 unspecified atom stereocenters. The molecule has 23 heavy (non-hydrogen) atoms. The Kier molecular flexibility index (Phi) is 6.25. The van der Waals surface area contributed by atoms with Gasteiger partial charge in [0.25, 0.3) is 0 Å². The molecule has 0 bridgehead atoms. The lowest BCUT2D eigenvalue weighted by Gasteiger charge is -2.10. The fourth-order valence-corrected chi connectivity index (χ4v) is 3.40. The predicted molar refractivity (Wildman–Crippen MR) is 101 cm³/mol. The third kappa shape index (κ3) is 4.36. The van der Waals surface area contributed by atoms with Gasteiger partial charge in [0, 0.05) is 12.4 Å². The van der Waals surface area contributed by atoms with Gasteiger partial charge < -0.3 is 5.73 Å². The van der Waals surface area contributed by atoms with E-state index in [1.165, 1.54) is 10.3 Å². The van der Waals surface area contributed by atoms with E-state index in [0.29, 0.717) is 5.92 Å². The highest BCUT2D eigenvalue weighted by molar-refractivity contribution is 7.18. The van der Waals surface area contributed by atoms with Crippen molar-refractivity contribution in [2.24, 2.45) is 11.7 Å². The first kappa shape index (κ1) is 17.6. The van der Waals surface area contributed by atoms with E-state index < -0.39 is 0 Å². The van der Waals surface area contributed by atoms with Gasteiger partial charge in [0.1, 0.15) is 5.01 Å². The van der Waals surface area contributed by atoms with Crippen LogP contribution in [0.15, 0.2) is 42.7 Å². The molecule has 0 amide bonds. The van der Waals surface area contributed by atoms with Crippen LogP contribution in [-0.4, -0.2) is 9.97 Å². The maximum Gasteiger partial charge on any atom is 0.111 e. The molecular weight excluding hydrogens is 302 g/mol. The number of thiazole rings is 1. The Hall–Kier alpha value is -1.78. The van der Waals surface area contributed by atoms with Gasteiger partial charge in [0.15, 0.2) is 0 Å². The molecule has 0 saturated carbocycles. The summed E-state index contributed by atoms with van der Waals surface area (Å²) in [4.78, 5) is 8.79. The summed E-state index contributed by atoms with van der Waals surface area (Å²) in [7, 11) is 0. The number of nitrogens with zero attached hydrogens (tertiary/aromatic N) is 2. The molecule has 2 N–H and O–H groups in total. The summed E-state index contributed by atoms with van der Waals surface area (Å²) in [6.45, 7) is 8.38. The Balaban J connectivity index is 0.000000924. The van der Waals surface area contributed by atoms with E-state index in [1.807, 2.05) is 38.4 Å². The molecule has 3 nitrogen and oxygen atoms in total. The van der Waals surface area contributed by atoms with Crippen molar-refractivity contribution in [1.29, 1.82) is 0 Å². The predicted octanol–water partition coefficient (Wildman–Crippen LogP) is 5.43. The van der Waals surface area contributed by atoms with Crippen LogP contribution in [0.1, 0.15) is 45.2 Å². The highest BCUT2D eigenvalue weighted by atomic mass is 32.1. The number of aromatic nitrogens is 2. The molecule has 2 aromatic heterocycles. The minimum Gasteiger partial charge on any atom is -0.322 e. The molecule has 122 valence electrons. The molecular formula is C19H25N3S. The Morgan fingerprint density at radius 3 is 2.39 bits per heavy atom. The molecule has 0 fully saturated rings. The van der Waals surface area contributed by atoms with Crippen LogP contribution in [-0.2, 0) is 0 Å². The van der Waals surface area contributed by atoms with Crippen LogP contribution in [0.4, 0.5) is 0 Å². The summed E-state index contributed by atoms with van der Waals surface area (Å²) in [5, 5.41) is 1.03. The van der Waals surface area contributed by atoms with Gasteiger partial charge in [-0.1, -0.05) is 33.8 Å². The van der Waals surface area contributed by atoms with Gasteiger partial charge in [-0.05, 0) is 47.7 Å². The standard InChI is InChI=1S/C17H19N3S.C2H6/c1-11(2)9-14(18)17-20-15-10-13(3-4-16(15)21-17)12-5-7-19-8-6-12;1-2/h3-8,10-11,14H,9,18H2,1-2H3;1-2H3. The molecule has 0 aliphatic heterocycles. The second-order valence-electron chi connectivity index (χ2n) is 5.71. The van der Waals surface area contributed by atoms with Crippen molar-refractivity contribution in [3.63, 3.8) is 0 Å². The molecule has 0 aliphatic carbocycles. The molecule has 3 rings (SSSR count). The van der Waals surface area contributed by atoms with E-state index in [2.05, 4.69) is 37.0 Å². The van der Waals surface area contributed by atoms with E-state index >= 15 is 0 Å². The largest absolute Gasteiger partial charge is 0.322 e. The molecule has 0 saturated heterocycles. The zero-order valence-corrected chi connectivity index (χ0v) is 15.1. The van der Waals surface area contributed by atoms with Crippen molar-refractivity contribution in [3.05, 3.63) is 47.7 Å². The van der Waals surface area contributed by atoms with E-state index in [4.69, 9.17) is 10.7 Å². The molecule has 2 heterocycles. The summed E-state index contributed by atoms with van der Waals surface area (Å²) in [5.41, 5.74) is 9.61. The molecule has 3 aromatic rings. The van der Waals surface area contributed by atoms with Gasteiger partial charge in [-0.3, -0.25) is 4.98 Å². The molecule has 1 atom stereocenters. The van der Waals surface area contributed by atoms with Crippen molar-refractivity contribution >= 4 is 21.6 Å². The summed E-state index contributed by atoms with van der Waals surface area (Å²) in [6, 6.07) is 10.5. The Bertz CT molecular complexity index is 735. The van der Waals surface area contributed by atoms with Gasteiger partial charge in [-0.2, -0.15) is 0 Å². The number of rotatable bonds is 4. The zero-order valence-electron chi connectivity index (χ0n) is 14.3. The molecule has 0 spiro atoms. The first-order chi connectivity index (χ1) is 11.1. The van der Waals surface area contributed by atoms with Crippen molar-refractivity contribution in [3.8, 4) is 11.1 Å². The van der Waals surface area contributed by atoms with Crippen LogP contribution < -0.4 is 5.73 Å². The van der Waals surface area contributed by atoms with Gasteiger partial charge in [0.2, 0.25) is 0 Å². The van der Waals surface area contributed by atoms with Crippen LogP contribution in [0.25, 0.3) is 21.3 Å². The van der Waals surface area contributed by atoms with Crippen LogP contribution in [0.2, 0.25) is 0 Å². The lowest BCUT2D eigenvalue weighted by atomic mass is 10.1. The molecule has 1 aromatic carbocycles. The topological polar surface area (TPSA) is 51.8 Å². The quantitative estimate of drug-likeness (QED) is 0.695. The number of hydrogen-bond donors (Lipinski definition) is 1. The normalized spacial score (nSPS) is 12.1. The Morgan fingerprint density at radius 2 is 1.74 bits per heavy atom. The second-order valence-corrected chi connectivity index (χ2v) is 6.77. The van der Waals surface area contributed by atoms with Crippen LogP contribution in [0.5, 0.6) is 0 Å². The average molecular weight is 327 g/mol. The van der Waals surface area contributed by atoms with Gasteiger partial charge in [-0.25, -0.2) is 4.98 Å². The first-order valence-corrected chi connectivity index (χ1v) is 9.01. The van der Waals surface area contributed by atoms with Crippen molar-refractivity contribution in [2.75, 3.05) is 0 Å². The maximum atomic E-state index is 6.25. The van der Waals surface area contributed by atoms with Crippen molar-refractivity contribution in [2.45, 2.75) is 40.2 Å². The average Bonchev–Trinajstić information content (AvgIpc) is 3.00. The van der Waals surface area contributed by atoms with Crippen LogP contribution >= 0.6 is 11.3 Å². The van der Waals surface area contributed by atoms with Crippen molar-refractivity contribution in [1.82, 2.24) is 9.97 Å². The SMILES string of the molecule is CC.CC(C)CC(N)c1nc2cc(-c3ccncc3)ccc2s1. The third-order valence-electron chi connectivity index (χ3n) is 3.46. The number of hydrogen-bond acceptors (Lipinski definition) is 4. The smallest absolute Gasteiger partial charge is 0.111 e. The second kappa shape index (κ2) is 8.18. The highest BCUT2D eigenvalue weighted by Crippen LogP contribution is 2.31. The minimum absolute atomic E-state index is 0.0341. The molecule has 0 aliphatic rings. The highest BCUT2D eigenvalue weighted by Gasteiger charge is 2.14. The minimum atomic E-state index is 0.0341. The van der Waals surface area contributed by atoms with Gasteiger partial charge in [-0.15, -0.1) is 11.3 Å². The summed E-state index contributed by atoms with van der Waals surface area (Å²) < 4.78 is 1.20. The Morgan fingerprint density at radius 1 is 1.04 bits per heavy atom. The van der Waals surface area contributed by atoms with Gasteiger partial charge in [0.05, 0.1) is 16.3 Å². The molecule has 4 heteroatoms. The molecule has 0 radical (unpaired) electrons. The number of nitrogens with two attached hydrogens (primary N) is 1. The lowest BCUT2D eigenvalue weighted by Crippen LogP contribution is -2.12. The lowest BCUT2D eigenvalue weighted by molar-refractivity contribution is 0.509. The number of pyridine rings is 1. The van der Waals surface area contributed by atoms with Crippen LogP contribution in [0, 0.1) is 5.92 Å². The van der Waals surface area contributed by atoms with Crippen LogP contribution in [0.3, 0.4) is 0 Å². The van der Waals surface area contributed by atoms with E-state index in [9.17, 15) is 0 Å². The fraction of sp³-hybridized carbons (Fsp3) is 0.368. The van der Waals surface area contributed by atoms with Gasteiger partial charge >= 0.3 is 0 Å². The van der Waals surface area contributed by atoms with E-state index in [1.54, 1.807) is 11.3 Å². The maximum absolute atomic E-state index is 6.25. The van der Waals surface area contributed by atoms with E-state index in [-0.39, 0.29) is 6.04 Å². The zero-order chi connectivity index (χ0) is 16.8. The third-order valence-corrected chi connectivity index (χ3v) is 4.63. The Labute approximate surface area is 142 Å².